The van der Waals surface area contributed by atoms with E-state index in [-0.39, 0.29) is 5.88 Å². The van der Waals surface area contributed by atoms with Crippen LogP contribution in [0, 0.1) is 6.92 Å². The molecule has 5 nitrogen and oxygen atoms in total. The largest absolute Gasteiger partial charge is 0.496 e. The highest BCUT2D eigenvalue weighted by Crippen LogP contribution is 2.41. The van der Waals surface area contributed by atoms with Crippen molar-refractivity contribution in [3.8, 4) is 28.1 Å². The molecule has 3 aromatic rings. The molecule has 2 heterocycles. The first-order chi connectivity index (χ1) is 9.70. The summed E-state index contributed by atoms with van der Waals surface area (Å²) in [6.45, 7) is 2.00. The zero-order chi connectivity index (χ0) is 14.1. The molecule has 2 aromatic heterocycles. The van der Waals surface area contributed by atoms with E-state index in [4.69, 9.17) is 19.4 Å². The number of aryl methyl sites for hydroxylation is 1. The van der Waals surface area contributed by atoms with Gasteiger partial charge in [-0.15, -0.1) is 0 Å². The zero-order valence-corrected chi connectivity index (χ0v) is 11.2. The molecule has 0 spiro atoms. The number of methoxy groups -OCH3 is 1. The van der Waals surface area contributed by atoms with Gasteiger partial charge in [0.1, 0.15) is 11.4 Å². The third-order valence-corrected chi connectivity index (χ3v) is 3.14. The fourth-order valence-electron chi connectivity index (χ4n) is 2.18. The molecule has 5 heteroatoms. The average Bonchev–Trinajstić information content (AvgIpc) is 3.07. The Bertz CT molecular complexity index is 730. The van der Waals surface area contributed by atoms with Crippen molar-refractivity contribution >= 4 is 5.88 Å². The van der Waals surface area contributed by atoms with Gasteiger partial charge in [0, 0.05) is 11.1 Å². The molecule has 2 N–H and O–H groups in total. The smallest absolute Gasteiger partial charge is 0.230 e. The van der Waals surface area contributed by atoms with Crippen molar-refractivity contribution in [2.24, 2.45) is 0 Å². The summed E-state index contributed by atoms with van der Waals surface area (Å²) in [5.74, 6) is 0.973. The van der Waals surface area contributed by atoms with E-state index < -0.39 is 0 Å². The van der Waals surface area contributed by atoms with Gasteiger partial charge in [0.25, 0.3) is 0 Å². The van der Waals surface area contributed by atoms with E-state index in [1.54, 1.807) is 19.6 Å². The standard InChI is InChI=1S/C15H14N2O3/c1-9-3-4-12(18-2)11(7-9)13-14(17-20-15(13)16)10-5-6-19-8-10/h3-8H,16H2,1-2H3. The van der Waals surface area contributed by atoms with Crippen LogP contribution in [0.1, 0.15) is 5.56 Å². The Morgan fingerprint density at radius 3 is 2.80 bits per heavy atom. The Labute approximate surface area is 115 Å². The minimum atomic E-state index is 0.255. The summed E-state index contributed by atoms with van der Waals surface area (Å²) in [7, 11) is 1.62. The Morgan fingerprint density at radius 1 is 1.25 bits per heavy atom. The van der Waals surface area contributed by atoms with Gasteiger partial charge in [-0.1, -0.05) is 16.8 Å². The molecule has 0 saturated carbocycles. The summed E-state index contributed by atoms with van der Waals surface area (Å²) in [5.41, 5.74) is 10.0. The van der Waals surface area contributed by atoms with Gasteiger partial charge < -0.3 is 19.4 Å². The van der Waals surface area contributed by atoms with Crippen LogP contribution in [-0.2, 0) is 0 Å². The highest BCUT2D eigenvalue weighted by atomic mass is 16.5. The van der Waals surface area contributed by atoms with Gasteiger partial charge in [-0.05, 0) is 25.1 Å². The molecule has 3 rings (SSSR count). The molecule has 0 unspecified atom stereocenters. The second-order valence-corrected chi connectivity index (χ2v) is 4.49. The predicted octanol–water partition coefficient (Wildman–Crippen LogP) is 3.50. The third kappa shape index (κ3) is 1.93. The fourth-order valence-corrected chi connectivity index (χ4v) is 2.18. The molecular weight excluding hydrogens is 256 g/mol. The minimum Gasteiger partial charge on any atom is -0.496 e. The van der Waals surface area contributed by atoms with Gasteiger partial charge >= 0.3 is 0 Å². The number of nitrogens with two attached hydrogens (primary N) is 1. The number of aromatic nitrogens is 1. The average molecular weight is 270 g/mol. The van der Waals surface area contributed by atoms with Gasteiger partial charge in [-0.3, -0.25) is 0 Å². The maximum atomic E-state index is 5.94. The number of rotatable bonds is 3. The van der Waals surface area contributed by atoms with Crippen molar-refractivity contribution < 1.29 is 13.7 Å². The maximum Gasteiger partial charge on any atom is 0.230 e. The van der Waals surface area contributed by atoms with Crippen LogP contribution in [0.15, 0.2) is 45.7 Å². The van der Waals surface area contributed by atoms with Crippen molar-refractivity contribution in [2.45, 2.75) is 6.92 Å². The maximum absolute atomic E-state index is 5.94. The Balaban J connectivity index is 2.25. The summed E-state index contributed by atoms with van der Waals surface area (Å²) in [4.78, 5) is 0. The molecule has 0 radical (unpaired) electrons. The van der Waals surface area contributed by atoms with E-state index >= 15 is 0 Å². The number of nitrogens with zero attached hydrogens (tertiary/aromatic N) is 1. The summed E-state index contributed by atoms with van der Waals surface area (Å²) in [5, 5.41) is 4.02. The minimum absolute atomic E-state index is 0.255. The molecule has 102 valence electrons. The van der Waals surface area contributed by atoms with Crippen molar-refractivity contribution in [3.05, 3.63) is 42.4 Å². The quantitative estimate of drug-likeness (QED) is 0.788. The molecule has 20 heavy (non-hydrogen) atoms. The van der Waals surface area contributed by atoms with Crippen LogP contribution >= 0.6 is 0 Å². The third-order valence-electron chi connectivity index (χ3n) is 3.14. The van der Waals surface area contributed by atoms with Gasteiger partial charge in [0.15, 0.2) is 0 Å². The molecule has 1 aromatic carbocycles. The normalized spacial score (nSPS) is 10.7. The molecule has 0 fully saturated rings. The lowest BCUT2D eigenvalue weighted by Gasteiger charge is -2.09. The van der Waals surface area contributed by atoms with Crippen LogP contribution in [0.5, 0.6) is 5.75 Å². The highest BCUT2D eigenvalue weighted by molar-refractivity contribution is 5.89. The zero-order valence-electron chi connectivity index (χ0n) is 11.2. The summed E-state index contributed by atoms with van der Waals surface area (Å²) in [6, 6.07) is 7.67. The molecule has 0 atom stereocenters. The number of benzene rings is 1. The van der Waals surface area contributed by atoms with E-state index in [1.165, 1.54) is 0 Å². The summed E-state index contributed by atoms with van der Waals surface area (Å²) in [6.07, 6.45) is 3.18. The first-order valence-electron chi connectivity index (χ1n) is 6.13. The lowest BCUT2D eigenvalue weighted by Crippen LogP contribution is -1.92. The van der Waals surface area contributed by atoms with E-state index in [1.807, 2.05) is 31.2 Å². The van der Waals surface area contributed by atoms with Gasteiger partial charge in [0.2, 0.25) is 5.88 Å². The topological polar surface area (TPSA) is 74.4 Å². The Hall–Kier alpha value is -2.69. The first kappa shape index (κ1) is 12.3. The van der Waals surface area contributed by atoms with Gasteiger partial charge in [-0.2, -0.15) is 0 Å². The number of hydrogen-bond acceptors (Lipinski definition) is 5. The molecule has 0 amide bonds. The summed E-state index contributed by atoms with van der Waals surface area (Å²) < 4.78 is 15.6. The highest BCUT2D eigenvalue weighted by Gasteiger charge is 2.21. The molecule has 0 bridgehead atoms. The van der Waals surface area contributed by atoms with E-state index in [0.29, 0.717) is 11.3 Å². The van der Waals surface area contributed by atoms with Crippen molar-refractivity contribution in [1.82, 2.24) is 5.16 Å². The lowest BCUT2D eigenvalue weighted by atomic mass is 10.00. The summed E-state index contributed by atoms with van der Waals surface area (Å²) >= 11 is 0. The van der Waals surface area contributed by atoms with Crippen LogP contribution in [0.3, 0.4) is 0 Å². The Kier molecular flexibility index (Phi) is 2.95. The molecular formula is C15H14N2O3. The van der Waals surface area contributed by atoms with E-state index in [9.17, 15) is 0 Å². The number of furan rings is 1. The fraction of sp³-hybridized carbons (Fsp3) is 0.133. The van der Waals surface area contributed by atoms with Crippen molar-refractivity contribution in [3.63, 3.8) is 0 Å². The van der Waals surface area contributed by atoms with E-state index in [0.717, 1.165) is 22.4 Å². The molecule has 0 aliphatic rings. The second-order valence-electron chi connectivity index (χ2n) is 4.49. The molecule has 0 aliphatic carbocycles. The van der Waals surface area contributed by atoms with Crippen molar-refractivity contribution in [1.29, 1.82) is 0 Å². The second kappa shape index (κ2) is 4.77. The molecule has 0 aliphatic heterocycles. The first-order valence-corrected chi connectivity index (χ1v) is 6.13. The number of anilines is 1. The van der Waals surface area contributed by atoms with Crippen LogP contribution in [-0.4, -0.2) is 12.3 Å². The van der Waals surface area contributed by atoms with Crippen LogP contribution in [0.4, 0.5) is 5.88 Å². The van der Waals surface area contributed by atoms with Crippen molar-refractivity contribution in [2.75, 3.05) is 12.8 Å². The lowest BCUT2D eigenvalue weighted by molar-refractivity contribution is 0.416. The van der Waals surface area contributed by atoms with Gasteiger partial charge in [-0.25, -0.2) is 0 Å². The number of nitrogen functional groups attached to an aromatic ring is 1. The van der Waals surface area contributed by atoms with Crippen LogP contribution in [0.25, 0.3) is 22.4 Å². The van der Waals surface area contributed by atoms with Crippen LogP contribution < -0.4 is 10.5 Å². The van der Waals surface area contributed by atoms with E-state index in [2.05, 4.69) is 5.16 Å². The predicted molar refractivity (Wildman–Crippen MR) is 75.3 cm³/mol. The van der Waals surface area contributed by atoms with Gasteiger partial charge in [0.05, 0.1) is 25.2 Å². The molecule has 0 saturated heterocycles. The SMILES string of the molecule is COc1ccc(C)cc1-c1c(-c2ccoc2)noc1N. The number of hydrogen-bond donors (Lipinski definition) is 1. The van der Waals surface area contributed by atoms with Crippen LogP contribution in [0.2, 0.25) is 0 Å². The monoisotopic (exact) mass is 270 g/mol. The Morgan fingerprint density at radius 2 is 2.10 bits per heavy atom. The number of ether oxygens (including phenoxy) is 1.